The van der Waals surface area contributed by atoms with Crippen molar-refractivity contribution in [1.29, 1.82) is 0 Å². The SMILES string of the molecule is CCCCOC(=O)c1ccc(OCCCC)cc1F. The summed E-state index contributed by atoms with van der Waals surface area (Å²) in [4.78, 5) is 11.6. The van der Waals surface area contributed by atoms with Crippen molar-refractivity contribution in [1.82, 2.24) is 0 Å². The molecule has 1 rings (SSSR count). The molecule has 106 valence electrons. The van der Waals surface area contributed by atoms with E-state index < -0.39 is 11.8 Å². The lowest BCUT2D eigenvalue weighted by Gasteiger charge is -2.08. The van der Waals surface area contributed by atoms with Crippen molar-refractivity contribution in [3.63, 3.8) is 0 Å². The van der Waals surface area contributed by atoms with E-state index in [9.17, 15) is 9.18 Å². The number of halogens is 1. The van der Waals surface area contributed by atoms with E-state index in [1.165, 1.54) is 12.1 Å². The van der Waals surface area contributed by atoms with Gasteiger partial charge in [0.2, 0.25) is 0 Å². The standard InChI is InChI=1S/C15H21FO3/c1-3-5-9-18-12-7-8-13(14(16)11-12)15(17)19-10-6-4-2/h7-8,11H,3-6,9-10H2,1-2H3. The Balaban J connectivity index is 2.58. The van der Waals surface area contributed by atoms with Gasteiger partial charge in [-0.3, -0.25) is 0 Å². The first kappa shape index (κ1) is 15.5. The molecule has 0 aliphatic rings. The molecule has 0 bridgehead atoms. The third kappa shape index (κ3) is 5.28. The zero-order valence-electron chi connectivity index (χ0n) is 11.6. The highest BCUT2D eigenvalue weighted by atomic mass is 19.1. The quantitative estimate of drug-likeness (QED) is 0.529. The molecule has 19 heavy (non-hydrogen) atoms. The van der Waals surface area contributed by atoms with Crippen LogP contribution in [-0.2, 0) is 4.74 Å². The highest BCUT2D eigenvalue weighted by molar-refractivity contribution is 5.89. The molecule has 0 aliphatic carbocycles. The van der Waals surface area contributed by atoms with Gasteiger partial charge in [0.05, 0.1) is 18.8 Å². The highest BCUT2D eigenvalue weighted by Gasteiger charge is 2.13. The van der Waals surface area contributed by atoms with Gasteiger partial charge in [-0.15, -0.1) is 0 Å². The van der Waals surface area contributed by atoms with Crippen molar-refractivity contribution in [2.45, 2.75) is 39.5 Å². The van der Waals surface area contributed by atoms with E-state index >= 15 is 0 Å². The van der Waals surface area contributed by atoms with E-state index in [4.69, 9.17) is 9.47 Å². The van der Waals surface area contributed by atoms with Gasteiger partial charge in [0.15, 0.2) is 0 Å². The van der Waals surface area contributed by atoms with Crippen LogP contribution in [0.3, 0.4) is 0 Å². The fourth-order valence-corrected chi connectivity index (χ4v) is 1.47. The predicted octanol–water partition coefficient (Wildman–Crippen LogP) is 3.96. The minimum Gasteiger partial charge on any atom is -0.493 e. The van der Waals surface area contributed by atoms with Gasteiger partial charge in [-0.05, 0) is 25.0 Å². The summed E-state index contributed by atoms with van der Waals surface area (Å²) in [6, 6.07) is 4.23. The van der Waals surface area contributed by atoms with Gasteiger partial charge < -0.3 is 9.47 Å². The number of benzene rings is 1. The fourth-order valence-electron chi connectivity index (χ4n) is 1.47. The third-order valence-corrected chi connectivity index (χ3v) is 2.66. The summed E-state index contributed by atoms with van der Waals surface area (Å²) in [5, 5.41) is 0. The van der Waals surface area contributed by atoms with E-state index in [1.807, 2.05) is 6.92 Å². The highest BCUT2D eigenvalue weighted by Crippen LogP contribution is 2.18. The number of rotatable bonds is 8. The van der Waals surface area contributed by atoms with Gasteiger partial charge >= 0.3 is 5.97 Å². The molecule has 0 unspecified atom stereocenters. The molecule has 3 nitrogen and oxygen atoms in total. The molecule has 1 aromatic rings. The Morgan fingerprint density at radius 1 is 1.16 bits per heavy atom. The minimum atomic E-state index is -0.619. The van der Waals surface area contributed by atoms with Crippen molar-refractivity contribution in [2.24, 2.45) is 0 Å². The van der Waals surface area contributed by atoms with Crippen LogP contribution in [0.15, 0.2) is 18.2 Å². The second-order valence-corrected chi connectivity index (χ2v) is 4.33. The van der Waals surface area contributed by atoms with Gasteiger partial charge in [0.25, 0.3) is 0 Å². The summed E-state index contributed by atoms with van der Waals surface area (Å²) in [6.45, 7) is 4.93. The van der Waals surface area contributed by atoms with Gasteiger partial charge in [-0.25, -0.2) is 9.18 Å². The molecule has 0 heterocycles. The molecule has 0 amide bonds. The summed E-state index contributed by atoms with van der Waals surface area (Å²) in [7, 11) is 0. The Morgan fingerprint density at radius 2 is 1.84 bits per heavy atom. The summed E-state index contributed by atoms with van der Waals surface area (Å²) in [5.41, 5.74) is -0.0426. The van der Waals surface area contributed by atoms with Crippen molar-refractivity contribution in [3.8, 4) is 5.75 Å². The van der Waals surface area contributed by atoms with Crippen molar-refractivity contribution < 1.29 is 18.7 Å². The first-order valence-electron chi connectivity index (χ1n) is 6.78. The topological polar surface area (TPSA) is 35.5 Å². The van der Waals surface area contributed by atoms with Crippen molar-refractivity contribution >= 4 is 5.97 Å². The molecule has 0 fully saturated rings. The van der Waals surface area contributed by atoms with Crippen molar-refractivity contribution in [2.75, 3.05) is 13.2 Å². The molecular formula is C15H21FO3. The Labute approximate surface area is 113 Å². The second-order valence-electron chi connectivity index (χ2n) is 4.33. The lowest BCUT2D eigenvalue weighted by Crippen LogP contribution is -2.09. The lowest BCUT2D eigenvalue weighted by atomic mass is 10.2. The maximum atomic E-state index is 13.7. The van der Waals surface area contributed by atoms with E-state index in [1.54, 1.807) is 6.07 Å². The Morgan fingerprint density at radius 3 is 2.47 bits per heavy atom. The first-order valence-corrected chi connectivity index (χ1v) is 6.78. The Bertz CT molecular complexity index is 404. The van der Waals surface area contributed by atoms with Crippen LogP contribution in [-0.4, -0.2) is 19.2 Å². The second kappa shape index (κ2) is 8.51. The molecule has 0 N–H and O–H groups in total. The summed E-state index contributed by atoms with van der Waals surface area (Å²) >= 11 is 0. The predicted molar refractivity (Wildman–Crippen MR) is 72.0 cm³/mol. The number of unbranched alkanes of at least 4 members (excludes halogenated alkanes) is 2. The average Bonchev–Trinajstić information content (AvgIpc) is 2.39. The smallest absolute Gasteiger partial charge is 0.341 e. The van der Waals surface area contributed by atoms with E-state index in [2.05, 4.69) is 6.92 Å². The maximum Gasteiger partial charge on any atom is 0.341 e. The van der Waals surface area contributed by atoms with Crippen molar-refractivity contribution in [3.05, 3.63) is 29.6 Å². The molecule has 4 heteroatoms. The molecular weight excluding hydrogens is 247 g/mol. The lowest BCUT2D eigenvalue weighted by molar-refractivity contribution is 0.0494. The number of carbonyl (C=O) groups is 1. The summed E-state index contributed by atoms with van der Waals surface area (Å²) < 4.78 is 24.1. The minimum absolute atomic E-state index is 0.0426. The molecule has 0 atom stereocenters. The first-order chi connectivity index (χ1) is 9.19. The number of esters is 1. The third-order valence-electron chi connectivity index (χ3n) is 2.66. The zero-order valence-corrected chi connectivity index (χ0v) is 11.6. The van der Waals surface area contributed by atoms with Crippen LogP contribution in [0.2, 0.25) is 0 Å². The average molecular weight is 268 g/mol. The van der Waals surface area contributed by atoms with Gasteiger partial charge in [0, 0.05) is 6.07 Å². The molecule has 0 aliphatic heterocycles. The van der Waals surface area contributed by atoms with Gasteiger partial charge in [-0.1, -0.05) is 26.7 Å². The van der Waals surface area contributed by atoms with Crippen LogP contribution >= 0.6 is 0 Å². The van der Waals surface area contributed by atoms with Crippen LogP contribution in [0.25, 0.3) is 0 Å². The molecule has 0 spiro atoms. The molecule has 0 aromatic heterocycles. The summed E-state index contributed by atoms with van der Waals surface area (Å²) in [6.07, 6.45) is 3.65. The molecule has 0 saturated heterocycles. The number of hydrogen-bond acceptors (Lipinski definition) is 3. The largest absolute Gasteiger partial charge is 0.493 e. The summed E-state index contributed by atoms with van der Waals surface area (Å²) in [5.74, 6) is -0.780. The van der Waals surface area contributed by atoms with Crippen LogP contribution in [0.4, 0.5) is 4.39 Å². The van der Waals surface area contributed by atoms with Crippen LogP contribution < -0.4 is 4.74 Å². The molecule has 0 saturated carbocycles. The van der Waals surface area contributed by atoms with E-state index in [0.29, 0.717) is 19.0 Å². The number of hydrogen-bond donors (Lipinski definition) is 0. The zero-order chi connectivity index (χ0) is 14.1. The number of ether oxygens (including phenoxy) is 2. The normalized spacial score (nSPS) is 10.3. The van der Waals surface area contributed by atoms with Crippen LogP contribution in [0.1, 0.15) is 49.9 Å². The van der Waals surface area contributed by atoms with Gasteiger partial charge in [-0.2, -0.15) is 0 Å². The Kier molecular flexibility index (Phi) is 6.93. The Hall–Kier alpha value is -1.58. The monoisotopic (exact) mass is 268 g/mol. The molecule has 0 radical (unpaired) electrons. The van der Waals surface area contributed by atoms with E-state index in [0.717, 1.165) is 25.7 Å². The molecule has 1 aromatic carbocycles. The fraction of sp³-hybridized carbons (Fsp3) is 0.533. The van der Waals surface area contributed by atoms with E-state index in [-0.39, 0.29) is 5.56 Å². The van der Waals surface area contributed by atoms with Crippen LogP contribution in [0, 0.1) is 5.82 Å². The van der Waals surface area contributed by atoms with Gasteiger partial charge in [0.1, 0.15) is 11.6 Å². The van der Waals surface area contributed by atoms with Crippen LogP contribution in [0.5, 0.6) is 5.75 Å². The maximum absolute atomic E-state index is 13.7. The number of carbonyl (C=O) groups excluding carboxylic acids is 1.